The molecule has 1 fully saturated rings. The van der Waals surface area contributed by atoms with E-state index < -0.39 is 0 Å². The molecule has 3 aromatic rings. The molecule has 1 aliphatic rings. The van der Waals surface area contributed by atoms with Crippen LogP contribution in [0.4, 0.5) is 5.82 Å². The van der Waals surface area contributed by atoms with Gasteiger partial charge in [0.2, 0.25) is 0 Å². The van der Waals surface area contributed by atoms with E-state index in [1.54, 1.807) is 24.7 Å². The highest BCUT2D eigenvalue weighted by Crippen LogP contribution is 2.28. The van der Waals surface area contributed by atoms with E-state index in [0.717, 1.165) is 36.5 Å². The van der Waals surface area contributed by atoms with Crippen molar-refractivity contribution in [1.29, 1.82) is 0 Å². The number of nitrogens with one attached hydrogen (secondary N) is 1. The third-order valence-corrected chi connectivity index (χ3v) is 5.91. The molecule has 1 N–H and O–H groups in total. The van der Waals surface area contributed by atoms with Crippen LogP contribution < -0.4 is 5.32 Å². The zero-order chi connectivity index (χ0) is 21.1. The van der Waals surface area contributed by atoms with Gasteiger partial charge in [-0.1, -0.05) is 30.7 Å². The summed E-state index contributed by atoms with van der Waals surface area (Å²) in [6, 6.07) is 9.46. The number of halogens is 1. The maximum atomic E-state index is 13.7. The van der Waals surface area contributed by atoms with Gasteiger partial charge in [-0.05, 0) is 49.4 Å². The number of benzene rings is 1. The first-order chi connectivity index (χ1) is 14.5. The normalized spacial score (nSPS) is 19.0. The van der Waals surface area contributed by atoms with Gasteiger partial charge >= 0.3 is 0 Å². The molecule has 4 rings (SSSR count). The van der Waals surface area contributed by atoms with Gasteiger partial charge in [0.1, 0.15) is 11.5 Å². The summed E-state index contributed by atoms with van der Waals surface area (Å²) in [6.45, 7) is 5.53. The molecule has 3 heterocycles. The Kier molecular flexibility index (Phi) is 5.99. The Balaban J connectivity index is 1.60. The molecule has 8 heteroatoms. The van der Waals surface area contributed by atoms with Gasteiger partial charge in [0.15, 0.2) is 0 Å². The molecule has 1 aromatic carbocycles. The number of pyridine rings is 1. The zero-order valence-corrected chi connectivity index (χ0v) is 17.9. The van der Waals surface area contributed by atoms with Crippen LogP contribution in [0.15, 0.2) is 48.9 Å². The minimum absolute atomic E-state index is 0.00779. The van der Waals surface area contributed by atoms with E-state index in [4.69, 9.17) is 11.6 Å². The molecule has 0 saturated carbocycles. The molecule has 0 aliphatic carbocycles. The number of hydrogen-bond donors (Lipinski definition) is 1. The Morgan fingerprint density at radius 2 is 2.03 bits per heavy atom. The van der Waals surface area contributed by atoms with Crippen molar-refractivity contribution in [3.05, 3.63) is 65.1 Å². The van der Waals surface area contributed by atoms with E-state index in [1.807, 2.05) is 36.1 Å². The van der Waals surface area contributed by atoms with Gasteiger partial charge in [-0.3, -0.25) is 4.79 Å². The van der Waals surface area contributed by atoms with E-state index in [2.05, 4.69) is 27.4 Å². The first kappa shape index (κ1) is 20.3. The molecule has 156 valence electrons. The van der Waals surface area contributed by atoms with Crippen LogP contribution in [0, 0.1) is 12.8 Å². The summed E-state index contributed by atoms with van der Waals surface area (Å²) in [5.41, 5.74) is 2.31. The van der Waals surface area contributed by atoms with Crippen molar-refractivity contribution < 1.29 is 4.79 Å². The summed E-state index contributed by atoms with van der Waals surface area (Å²) in [5, 5.41) is 12.5. The molecular weight excluding hydrogens is 400 g/mol. The second kappa shape index (κ2) is 8.83. The lowest BCUT2D eigenvalue weighted by Gasteiger charge is -2.40. The molecule has 2 aromatic heterocycles. The molecule has 0 bridgehead atoms. The van der Waals surface area contributed by atoms with Crippen molar-refractivity contribution >= 4 is 23.3 Å². The van der Waals surface area contributed by atoms with Gasteiger partial charge in [-0.2, -0.15) is 15.0 Å². The summed E-state index contributed by atoms with van der Waals surface area (Å²) in [5.74, 6) is 1.13. The van der Waals surface area contributed by atoms with Gasteiger partial charge in [0, 0.05) is 19.3 Å². The monoisotopic (exact) mass is 424 g/mol. The Morgan fingerprint density at radius 3 is 2.77 bits per heavy atom. The van der Waals surface area contributed by atoms with Crippen LogP contribution in [0.3, 0.4) is 0 Å². The molecule has 30 heavy (non-hydrogen) atoms. The van der Waals surface area contributed by atoms with Gasteiger partial charge in [0.25, 0.3) is 5.91 Å². The van der Waals surface area contributed by atoms with Crippen LogP contribution in [0.5, 0.6) is 0 Å². The minimum Gasteiger partial charge on any atom is -0.368 e. The van der Waals surface area contributed by atoms with E-state index in [-0.39, 0.29) is 11.9 Å². The van der Waals surface area contributed by atoms with Crippen molar-refractivity contribution in [2.24, 2.45) is 5.92 Å². The molecule has 7 nitrogen and oxygen atoms in total. The maximum Gasteiger partial charge on any atom is 0.256 e. The summed E-state index contributed by atoms with van der Waals surface area (Å²) in [7, 11) is 0. The molecule has 0 unspecified atom stereocenters. The summed E-state index contributed by atoms with van der Waals surface area (Å²) < 4.78 is 0. The number of piperidine rings is 1. The highest BCUT2D eigenvalue weighted by molar-refractivity contribution is 6.30. The lowest BCUT2D eigenvalue weighted by molar-refractivity contribution is 0.0539. The standard InChI is InChI=1S/C22H25ClN6O/c1-15-6-4-12-28(19(15)14-25-20-9-8-17(23)13-24-20)22(30)18-7-3-5-16(2)21(18)29-26-10-11-27-29/h3,5,7-11,13,15,19H,4,6,12,14H2,1-2H3,(H,24,25)/t15-,19-/m1/s1. The molecule has 0 spiro atoms. The predicted molar refractivity (Wildman–Crippen MR) is 117 cm³/mol. The first-order valence-corrected chi connectivity index (χ1v) is 10.5. The third-order valence-electron chi connectivity index (χ3n) is 5.68. The molecule has 1 aliphatic heterocycles. The van der Waals surface area contributed by atoms with Crippen molar-refractivity contribution in [3.8, 4) is 5.69 Å². The number of anilines is 1. The number of aromatic nitrogens is 4. The molecule has 1 amide bonds. The second-order valence-corrected chi connectivity index (χ2v) is 8.15. The highest BCUT2D eigenvalue weighted by atomic mass is 35.5. The maximum absolute atomic E-state index is 13.7. The number of likely N-dealkylation sites (tertiary alicyclic amines) is 1. The fraction of sp³-hybridized carbons (Fsp3) is 0.364. The smallest absolute Gasteiger partial charge is 0.256 e. The minimum atomic E-state index is 0.00779. The van der Waals surface area contributed by atoms with Crippen LogP contribution in [-0.2, 0) is 0 Å². The number of carbonyl (C=O) groups is 1. The summed E-state index contributed by atoms with van der Waals surface area (Å²) in [6.07, 6.45) is 6.94. The lowest BCUT2D eigenvalue weighted by Crippen LogP contribution is -2.51. The average Bonchev–Trinajstić information content (AvgIpc) is 3.27. The van der Waals surface area contributed by atoms with Crippen molar-refractivity contribution in [2.45, 2.75) is 32.7 Å². The van der Waals surface area contributed by atoms with Gasteiger partial charge in [-0.15, -0.1) is 0 Å². The van der Waals surface area contributed by atoms with E-state index in [1.165, 1.54) is 4.80 Å². The van der Waals surface area contributed by atoms with Crippen LogP contribution in [0.2, 0.25) is 5.02 Å². The Hall–Kier alpha value is -2.93. The summed E-state index contributed by atoms with van der Waals surface area (Å²) >= 11 is 5.93. The Bertz CT molecular complexity index is 1000. The largest absolute Gasteiger partial charge is 0.368 e. The number of hydrogen-bond acceptors (Lipinski definition) is 5. The number of aryl methyl sites for hydroxylation is 1. The topological polar surface area (TPSA) is 75.9 Å². The summed E-state index contributed by atoms with van der Waals surface area (Å²) in [4.78, 5) is 21.5. The number of para-hydroxylation sites is 1. The third kappa shape index (κ3) is 4.16. The van der Waals surface area contributed by atoms with Gasteiger partial charge < -0.3 is 10.2 Å². The Labute approximate surface area is 181 Å². The second-order valence-electron chi connectivity index (χ2n) is 7.72. The van der Waals surface area contributed by atoms with Crippen molar-refractivity contribution in [1.82, 2.24) is 24.9 Å². The fourth-order valence-electron chi connectivity index (χ4n) is 4.08. The molecular formula is C22H25ClN6O. The SMILES string of the molecule is Cc1cccc(C(=O)N2CCC[C@@H](C)[C@H]2CNc2ccc(Cl)cn2)c1-n1nccn1. The van der Waals surface area contributed by atoms with Gasteiger partial charge in [-0.25, -0.2) is 4.98 Å². The van der Waals surface area contributed by atoms with E-state index in [0.29, 0.717) is 23.0 Å². The number of rotatable bonds is 5. The lowest BCUT2D eigenvalue weighted by atomic mass is 9.89. The Morgan fingerprint density at radius 1 is 1.23 bits per heavy atom. The predicted octanol–water partition coefficient (Wildman–Crippen LogP) is 3.98. The van der Waals surface area contributed by atoms with E-state index in [9.17, 15) is 4.79 Å². The zero-order valence-electron chi connectivity index (χ0n) is 17.1. The van der Waals surface area contributed by atoms with Crippen LogP contribution in [0.1, 0.15) is 35.7 Å². The fourth-order valence-corrected chi connectivity index (χ4v) is 4.20. The van der Waals surface area contributed by atoms with Crippen molar-refractivity contribution in [3.63, 3.8) is 0 Å². The number of amides is 1. The quantitative estimate of drug-likeness (QED) is 0.670. The van der Waals surface area contributed by atoms with Gasteiger partial charge in [0.05, 0.1) is 29.0 Å². The number of nitrogens with zero attached hydrogens (tertiary/aromatic N) is 5. The highest BCUT2D eigenvalue weighted by Gasteiger charge is 2.33. The molecule has 0 radical (unpaired) electrons. The molecule has 2 atom stereocenters. The molecule has 1 saturated heterocycles. The average molecular weight is 425 g/mol. The number of carbonyl (C=O) groups excluding carboxylic acids is 1. The van der Waals surface area contributed by atoms with Crippen LogP contribution in [-0.4, -0.2) is 49.9 Å². The van der Waals surface area contributed by atoms with Crippen LogP contribution in [0.25, 0.3) is 5.69 Å². The van der Waals surface area contributed by atoms with E-state index >= 15 is 0 Å². The first-order valence-electron chi connectivity index (χ1n) is 10.2. The van der Waals surface area contributed by atoms with Crippen LogP contribution >= 0.6 is 11.6 Å². The van der Waals surface area contributed by atoms with Crippen molar-refractivity contribution in [2.75, 3.05) is 18.4 Å².